The Kier molecular flexibility index (Phi) is 3.39. The number of phenolic OH excluding ortho intramolecular Hbond substituents is 4. The van der Waals surface area contributed by atoms with Crippen LogP contribution in [0.2, 0.25) is 0 Å². The first-order chi connectivity index (χ1) is 10.4. The van der Waals surface area contributed by atoms with Gasteiger partial charge in [-0.1, -0.05) is 19.9 Å². The number of hydrogen-bond acceptors (Lipinski definition) is 4. The first kappa shape index (κ1) is 14.6. The second-order valence-electron chi connectivity index (χ2n) is 6.31. The quantitative estimate of drug-likeness (QED) is 0.608. The maximum atomic E-state index is 9.85. The standard InChI is InChI=1S/C18H20O4/c1-9-5-12-7-16(21)17(22)8-13(12)18(10(9)2)11-3-4-14(19)15(20)6-11/h3-4,6-10,18-22H,5H2,1-2H3/t9?,10?,18-/m1/s1. The number of rotatable bonds is 1. The Balaban J connectivity index is 2.17. The minimum absolute atomic E-state index is 0.00301. The van der Waals surface area contributed by atoms with Gasteiger partial charge in [-0.05, 0) is 59.2 Å². The molecule has 1 aliphatic rings. The average molecular weight is 300 g/mol. The number of hydrogen-bond donors (Lipinski definition) is 4. The van der Waals surface area contributed by atoms with Gasteiger partial charge in [0, 0.05) is 5.92 Å². The lowest BCUT2D eigenvalue weighted by Gasteiger charge is -2.36. The Morgan fingerprint density at radius 3 is 2.14 bits per heavy atom. The van der Waals surface area contributed by atoms with Gasteiger partial charge >= 0.3 is 0 Å². The first-order valence-electron chi connectivity index (χ1n) is 7.45. The molecule has 116 valence electrons. The third kappa shape index (κ3) is 2.25. The van der Waals surface area contributed by atoms with Crippen LogP contribution in [-0.2, 0) is 6.42 Å². The van der Waals surface area contributed by atoms with Gasteiger partial charge in [-0.25, -0.2) is 0 Å². The molecule has 4 heteroatoms. The molecule has 0 heterocycles. The largest absolute Gasteiger partial charge is 0.504 e. The monoisotopic (exact) mass is 300 g/mol. The summed E-state index contributed by atoms with van der Waals surface area (Å²) in [4.78, 5) is 0. The highest BCUT2D eigenvalue weighted by atomic mass is 16.3. The first-order valence-corrected chi connectivity index (χ1v) is 7.45. The SMILES string of the molecule is CC1Cc2cc(O)c(O)cc2[C@@H](c2ccc(O)c(O)c2)C1C. The summed E-state index contributed by atoms with van der Waals surface area (Å²) in [6.07, 6.45) is 0.838. The molecule has 4 nitrogen and oxygen atoms in total. The third-order valence-corrected chi connectivity index (χ3v) is 4.90. The summed E-state index contributed by atoms with van der Waals surface area (Å²) in [7, 11) is 0. The van der Waals surface area contributed by atoms with E-state index in [1.54, 1.807) is 24.3 Å². The molecule has 0 aliphatic heterocycles. The molecule has 0 aromatic heterocycles. The van der Waals surface area contributed by atoms with E-state index in [0.717, 1.165) is 23.1 Å². The molecule has 0 radical (unpaired) electrons. The fourth-order valence-corrected chi connectivity index (χ4v) is 3.46. The fourth-order valence-electron chi connectivity index (χ4n) is 3.46. The van der Waals surface area contributed by atoms with Crippen LogP contribution in [-0.4, -0.2) is 20.4 Å². The molecule has 4 N–H and O–H groups in total. The summed E-state index contributed by atoms with van der Waals surface area (Å²) in [5.41, 5.74) is 2.87. The lowest BCUT2D eigenvalue weighted by Crippen LogP contribution is -2.26. The maximum absolute atomic E-state index is 9.85. The van der Waals surface area contributed by atoms with Crippen LogP contribution >= 0.6 is 0 Å². The second-order valence-corrected chi connectivity index (χ2v) is 6.31. The van der Waals surface area contributed by atoms with Gasteiger partial charge in [0.05, 0.1) is 0 Å². The van der Waals surface area contributed by atoms with Crippen molar-refractivity contribution in [2.24, 2.45) is 11.8 Å². The van der Waals surface area contributed by atoms with E-state index in [9.17, 15) is 20.4 Å². The van der Waals surface area contributed by atoms with Crippen LogP contribution in [0.1, 0.15) is 36.5 Å². The van der Waals surface area contributed by atoms with E-state index >= 15 is 0 Å². The van der Waals surface area contributed by atoms with Crippen molar-refractivity contribution in [1.29, 1.82) is 0 Å². The van der Waals surface area contributed by atoms with Crippen LogP contribution in [0.4, 0.5) is 0 Å². The minimum atomic E-state index is -0.146. The lowest BCUT2D eigenvalue weighted by molar-refractivity contribution is 0.321. The van der Waals surface area contributed by atoms with Gasteiger partial charge in [0.25, 0.3) is 0 Å². The molecule has 1 aliphatic carbocycles. The molecule has 3 atom stereocenters. The molecule has 0 bridgehead atoms. The summed E-state index contributed by atoms with van der Waals surface area (Å²) in [6, 6.07) is 8.09. The number of aromatic hydroxyl groups is 4. The van der Waals surface area contributed by atoms with E-state index in [1.807, 2.05) is 0 Å². The highest BCUT2D eigenvalue weighted by Gasteiger charge is 2.33. The zero-order valence-electron chi connectivity index (χ0n) is 12.6. The molecule has 22 heavy (non-hydrogen) atoms. The topological polar surface area (TPSA) is 80.9 Å². The maximum Gasteiger partial charge on any atom is 0.157 e. The molecule has 0 saturated heterocycles. The Labute approximate surface area is 129 Å². The van der Waals surface area contributed by atoms with Crippen molar-refractivity contribution in [3.8, 4) is 23.0 Å². The summed E-state index contributed by atoms with van der Waals surface area (Å²) < 4.78 is 0. The van der Waals surface area contributed by atoms with Crippen LogP contribution in [0.3, 0.4) is 0 Å². The lowest BCUT2D eigenvalue weighted by atomic mass is 9.68. The summed E-state index contributed by atoms with van der Waals surface area (Å²) in [6.45, 7) is 4.30. The summed E-state index contributed by atoms with van der Waals surface area (Å²) in [5.74, 6) is 0.178. The van der Waals surface area contributed by atoms with E-state index in [0.29, 0.717) is 11.8 Å². The Bertz CT molecular complexity index is 723. The molecular formula is C18H20O4. The molecule has 2 unspecified atom stereocenters. The smallest absolute Gasteiger partial charge is 0.157 e. The Morgan fingerprint density at radius 2 is 1.45 bits per heavy atom. The zero-order valence-corrected chi connectivity index (χ0v) is 12.6. The van der Waals surface area contributed by atoms with Crippen LogP contribution < -0.4 is 0 Å². The Morgan fingerprint density at radius 1 is 0.818 bits per heavy atom. The van der Waals surface area contributed by atoms with Crippen molar-refractivity contribution < 1.29 is 20.4 Å². The highest BCUT2D eigenvalue weighted by Crippen LogP contribution is 2.47. The predicted octanol–water partition coefficient (Wildman–Crippen LogP) is 3.47. The molecule has 0 fully saturated rings. The zero-order chi connectivity index (χ0) is 16.0. The average Bonchev–Trinajstić information content (AvgIpc) is 2.46. The van der Waals surface area contributed by atoms with E-state index < -0.39 is 0 Å². The molecular weight excluding hydrogens is 280 g/mol. The van der Waals surface area contributed by atoms with E-state index in [-0.39, 0.29) is 28.9 Å². The molecule has 3 rings (SSSR count). The van der Waals surface area contributed by atoms with E-state index in [2.05, 4.69) is 13.8 Å². The van der Waals surface area contributed by atoms with Gasteiger partial charge in [0.1, 0.15) is 0 Å². The fraction of sp³-hybridized carbons (Fsp3) is 0.333. The van der Waals surface area contributed by atoms with Crippen molar-refractivity contribution in [3.63, 3.8) is 0 Å². The van der Waals surface area contributed by atoms with Gasteiger partial charge in [-0.2, -0.15) is 0 Å². The van der Waals surface area contributed by atoms with Gasteiger partial charge in [-0.15, -0.1) is 0 Å². The highest BCUT2D eigenvalue weighted by molar-refractivity contribution is 5.52. The van der Waals surface area contributed by atoms with Crippen molar-refractivity contribution in [1.82, 2.24) is 0 Å². The Hall–Kier alpha value is -2.36. The van der Waals surface area contributed by atoms with Crippen molar-refractivity contribution >= 4 is 0 Å². The van der Waals surface area contributed by atoms with Crippen molar-refractivity contribution in [3.05, 3.63) is 47.0 Å². The van der Waals surface area contributed by atoms with E-state index in [4.69, 9.17) is 0 Å². The molecule has 0 saturated carbocycles. The van der Waals surface area contributed by atoms with Gasteiger partial charge in [-0.3, -0.25) is 0 Å². The normalized spacial score (nSPS) is 24.0. The van der Waals surface area contributed by atoms with Crippen LogP contribution in [0.15, 0.2) is 30.3 Å². The molecule has 0 amide bonds. The summed E-state index contributed by atoms with van der Waals surface area (Å²) >= 11 is 0. The van der Waals surface area contributed by atoms with Gasteiger partial charge in [0.2, 0.25) is 0 Å². The van der Waals surface area contributed by atoms with Gasteiger partial charge < -0.3 is 20.4 Å². The predicted molar refractivity (Wildman–Crippen MR) is 83.4 cm³/mol. The van der Waals surface area contributed by atoms with Crippen LogP contribution in [0, 0.1) is 11.8 Å². The number of fused-ring (bicyclic) bond motifs is 1. The van der Waals surface area contributed by atoms with Crippen molar-refractivity contribution in [2.45, 2.75) is 26.2 Å². The minimum Gasteiger partial charge on any atom is -0.504 e. The van der Waals surface area contributed by atoms with E-state index in [1.165, 1.54) is 6.07 Å². The number of phenols is 4. The number of benzene rings is 2. The molecule has 2 aromatic rings. The van der Waals surface area contributed by atoms with Gasteiger partial charge in [0.15, 0.2) is 23.0 Å². The molecule has 0 spiro atoms. The summed E-state index contributed by atoms with van der Waals surface area (Å²) in [5, 5.41) is 38.9. The molecule has 2 aromatic carbocycles. The van der Waals surface area contributed by atoms with Crippen LogP contribution in [0.25, 0.3) is 0 Å². The second kappa shape index (κ2) is 5.13. The third-order valence-electron chi connectivity index (χ3n) is 4.90. The van der Waals surface area contributed by atoms with Crippen molar-refractivity contribution in [2.75, 3.05) is 0 Å². The van der Waals surface area contributed by atoms with Crippen LogP contribution in [0.5, 0.6) is 23.0 Å².